The molecule has 0 spiro atoms. The highest BCUT2D eigenvalue weighted by atomic mass is 127. The lowest BCUT2D eigenvalue weighted by Crippen LogP contribution is -2.52. The molecule has 0 radical (unpaired) electrons. The lowest BCUT2D eigenvalue weighted by molar-refractivity contribution is 0.0573. The average Bonchev–Trinajstić information content (AvgIpc) is 2.15. The Labute approximate surface area is 121 Å². The van der Waals surface area contributed by atoms with Gasteiger partial charge in [0.25, 0.3) is 0 Å². The Morgan fingerprint density at radius 3 is 2.33 bits per heavy atom. The van der Waals surface area contributed by atoms with E-state index in [0.29, 0.717) is 11.5 Å². The lowest BCUT2D eigenvalue weighted by atomic mass is 9.75. The number of hydrogen-bond acceptors (Lipinski definition) is 3. The van der Waals surface area contributed by atoms with Crippen LogP contribution in [0, 0.1) is 11.3 Å². The Hall–Kier alpha value is 1.34. The van der Waals surface area contributed by atoms with E-state index >= 15 is 0 Å². The van der Waals surface area contributed by atoms with Crippen molar-refractivity contribution in [2.24, 2.45) is 11.3 Å². The second kappa shape index (κ2) is 5.79. The largest absolute Gasteiger partial charge is 0.246 e. The van der Waals surface area contributed by atoms with Gasteiger partial charge in [0.1, 0.15) is 0 Å². The first-order valence-corrected chi connectivity index (χ1v) is 7.38. The highest BCUT2D eigenvalue weighted by Crippen LogP contribution is 2.34. The van der Waals surface area contributed by atoms with Crippen molar-refractivity contribution in [3.8, 4) is 0 Å². The van der Waals surface area contributed by atoms with E-state index in [1.54, 1.807) is 0 Å². The number of hydrazine groups is 1. The summed E-state index contributed by atoms with van der Waals surface area (Å²) < 4.78 is 5.58. The van der Waals surface area contributed by atoms with Gasteiger partial charge in [-0.25, -0.2) is 8.12 Å². The number of rotatable bonds is 2. The van der Waals surface area contributed by atoms with Gasteiger partial charge >= 0.3 is 0 Å². The molecule has 1 heterocycles. The maximum atomic E-state index is 3.26. The van der Waals surface area contributed by atoms with E-state index in [1.807, 2.05) is 0 Å². The first-order valence-electron chi connectivity index (χ1n) is 5.34. The normalized spacial score (nSPS) is 29.8. The van der Waals surface area contributed by atoms with Crippen molar-refractivity contribution in [1.29, 1.82) is 0 Å². The third-order valence-electron chi connectivity index (χ3n) is 3.28. The molecular formula is C10H21I2N3. The summed E-state index contributed by atoms with van der Waals surface area (Å²) in [6, 6.07) is 0.658. The van der Waals surface area contributed by atoms with E-state index in [9.17, 15) is 0 Å². The predicted octanol–water partition coefficient (Wildman–Crippen LogP) is 2.86. The molecule has 0 aromatic heterocycles. The van der Waals surface area contributed by atoms with Crippen LogP contribution in [0.1, 0.15) is 27.2 Å². The molecule has 1 saturated heterocycles. The average molecular weight is 437 g/mol. The van der Waals surface area contributed by atoms with Gasteiger partial charge in [0, 0.05) is 64.9 Å². The van der Waals surface area contributed by atoms with Crippen molar-refractivity contribution in [2.75, 3.05) is 20.1 Å². The number of nitrogens with zero attached hydrogens (tertiary/aromatic N) is 2. The molecule has 3 nitrogen and oxygen atoms in total. The molecule has 5 heteroatoms. The predicted molar refractivity (Wildman–Crippen MR) is 81.9 cm³/mol. The van der Waals surface area contributed by atoms with Crippen LogP contribution in [0.4, 0.5) is 0 Å². The van der Waals surface area contributed by atoms with Crippen LogP contribution >= 0.6 is 45.7 Å². The van der Waals surface area contributed by atoms with E-state index in [0.717, 1.165) is 19.0 Å². The SMILES string of the molecule is CN(I)C1CC(C(C)(C)C)CN(NI)C1. The molecule has 0 aliphatic carbocycles. The summed E-state index contributed by atoms with van der Waals surface area (Å²) in [4.78, 5) is 0. The molecule has 1 aliphatic heterocycles. The second-order valence-corrected chi connectivity index (χ2v) is 7.47. The van der Waals surface area contributed by atoms with Crippen molar-refractivity contribution in [3.05, 3.63) is 0 Å². The molecule has 0 aromatic carbocycles. The van der Waals surface area contributed by atoms with Crippen LogP contribution in [0.15, 0.2) is 0 Å². The minimum atomic E-state index is 0.400. The summed E-state index contributed by atoms with van der Waals surface area (Å²) in [7, 11) is 2.17. The molecule has 90 valence electrons. The van der Waals surface area contributed by atoms with Gasteiger partial charge in [0.15, 0.2) is 0 Å². The third-order valence-corrected chi connectivity index (χ3v) is 4.75. The quantitative estimate of drug-likeness (QED) is 0.530. The first kappa shape index (κ1) is 14.4. The Bertz CT molecular complexity index is 203. The van der Waals surface area contributed by atoms with Gasteiger partial charge < -0.3 is 0 Å². The molecule has 0 amide bonds. The molecule has 0 aromatic rings. The Kier molecular flexibility index (Phi) is 5.56. The van der Waals surface area contributed by atoms with Gasteiger partial charge in [-0.1, -0.05) is 20.8 Å². The number of halogens is 2. The molecule has 0 saturated carbocycles. The van der Waals surface area contributed by atoms with Crippen LogP contribution in [0.5, 0.6) is 0 Å². The van der Waals surface area contributed by atoms with Gasteiger partial charge in [-0.05, 0) is 24.8 Å². The molecule has 2 unspecified atom stereocenters. The fourth-order valence-corrected chi connectivity index (χ4v) is 2.82. The van der Waals surface area contributed by atoms with E-state index in [1.165, 1.54) is 6.42 Å². The number of nitrogens with one attached hydrogen (secondary N) is 1. The van der Waals surface area contributed by atoms with Crippen LogP contribution in [0.3, 0.4) is 0 Å². The molecule has 2 atom stereocenters. The van der Waals surface area contributed by atoms with E-state index in [2.05, 4.69) is 85.3 Å². The summed E-state index contributed by atoms with van der Waals surface area (Å²) in [5.41, 5.74) is 0.400. The highest BCUT2D eigenvalue weighted by molar-refractivity contribution is 14.1. The van der Waals surface area contributed by atoms with Crippen molar-refractivity contribution in [3.63, 3.8) is 0 Å². The zero-order valence-corrected chi connectivity index (χ0v) is 14.2. The van der Waals surface area contributed by atoms with Crippen LogP contribution in [0.25, 0.3) is 0 Å². The van der Waals surface area contributed by atoms with Crippen LogP contribution in [0.2, 0.25) is 0 Å². The van der Waals surface area contributed by atoms with Crippen LogP contribution in [-0.2, 0) is 0 Å². The van der Waals surface area contributed by atoms with E-state index < -0.39 is 0 Å². The van der Waals surface area contributed by atoms with Crippen molar-refractivity contribution in [2.45, 2.75) is 33.2 Å². The topological polar surface area (TPSA) is 18.5 Å². The highest BCUT2D eigenvalue weighted by Gasteiger charge is 2.35. The number of piperidine rings is 1. The summed E-state index contributed by atoms with van der Waals surface area (Å²) in [5.74, 6) is 0.760. The molecule has 0 bridgehead atoms. The number of hydrogen-bond donors (Lipinski definition) is 1. The first-order chi connectivity index (χ1) is 6.84. The summed E-state index contributed by atoms with van der Waals surface area (Å²) in [6.45, 7) is 9.32. The lowest BCUT2D eigenvalue weighted by Gasteiger charge is -2.43. The van der Waals surface area contributed by atoms with Crippen LogP contribution < -0.4 is 3.64 Å². The fourth-order valence-electron chi connectivity index (χ4n) is 2.03. The summed E-state index contributed by atoms with van der Waals surface area (Å²) >= 11 is 4.64. The monoisotopic (exact) mass is 437 g/mol. The number of likely N-dealkylation sites (N-methyl/N-ethyl adjacent to an activating group) is 1. The molecule has 1 rings (SSSR count). The minimum Gasteiger partial charge on any atom is -0.246 e. The van der Waals surface area contributed by atoms with E-state index in [4.69, 9.17) is 0 Å². The molecule has 1 fully saturated rings. The van der Waals surface area contributed by atoms with Crippen molar-refractivity contribution < 1.29 is 0 Å². The zero-order chi connectivity index (χ0) is 11.6. The summed E-state index contributed by atoms with van der Waals surface area (Å²) in [6.07, 6.45) is 1.30. The van der Waals surface area contributed by atoms with Crippen molar-refractivity contribution in [1.82, 2.24) is 11.8 Å². The molecule has 1 aliphatic rings. The van der Waals surface area contributed by atoms with E-state index in [-0.39, 0.29) is 0 Å². The van der Waals surface area contributed by atoms with Crippen molar-refractivity contribution >= 4 is 45.7 Å². The van der Waals surface area contributed by atoms with Gasteiger partial charge in [-0.3, -0.25) is 0 Å². The zero-order valence-electron chi connectivity index (χ0n) is 9.93. The fraction of sp³-hybridized carbons (Fsp3) is 1.00. The maximum absolute atomic E-state index is 3.26. The third kappa shape index (κ3) is 4.25. The Morgan fingerprint density at radius 2 is 1.93 bits per heavy atom. The van der Waals surface area contributed by atoms with Crippen LogP contribution in [-0.4, -0.2) is 34.3 Å². The molecule has 15 heavy (non-hydrogen) atoms. The molecular weight excluding hydrogens is 416 g/mol. The van der Waals surface area contributed by atoms with Gasteiger partial charge in [0.05, 0.1) is 0 Å². The maximum Gasteiger partial charge on any atom is 0.0336 e. The smallest absolute Gasteiger partial charge is 0.0336 e. The Morgan fingerprint density at radius 1 is 1.33 bits per heavy atom. The minimum absolute atomic E-state index is 0.400. The summed E-state index contributed by atoms with van der Waals surface area (Å²) in [5, 5.41) is 2.33. The Balaban J connectivity index is 2.67. The van der Waals surface area contributed by atoms with Gasteiger partial charge in [-0.15, -0.1) is 0 Å². The van der Waals surface area contributed by atoms with Gasteiger partial charge in [0.2, 0.25) is 0 Å². The van der Waals surface area contributed by atoms with Gasteiger partial charge in [-0.2, -0.15) is 3.64 Å². The second-order valence-electron chi connectivity index (χ2n) is 5.47. The molecule has 1 N–H and O–H groups in total. The standard InChI is InChI=1S/C10H21I2N3/c1-10(2,3)8-5-9(14(4)12)7-15(6-8)13-11/h8-9,13H,5-7H2,1-4H3.